The number of halogens is 4. The Morgan fingerprint density at radius 3 is 2.67 bits per heavy atom. The fourth-order valence-corrected chi connectivity index (χ4v) is 1.38. The molecule has 7 heteroatoms. The van der Waals surface area contributed by atoms with Crippen LogP contribution in [0, 0.1) is 0 Å². The minimum absolute atomic E-state index is 0.0576. The van der Waals surface area contributed by atoms with Crippen LogP contribution < -0.4 is 11.1 Å². The molecule has 0 saturated heterocycles. The fourth-order valence-electron chi connectivity index (χ4n) is 1.21. The van der Waals surface area contributed by atoms with E-state index in [4.69, 9.17) is 17.3 Å². The lowest BCUT2D eigenvalue weighted by Crippen LogP contribution is -2.15. The second kappa shape index (κ2) is 5.88. The Labute approximate surface area is 106 Å². The Hall–Kier alpha value is -1.53. The molecule has 3 nitrogen and oxygen atoms in total. The van der Waals surface area contributed by atoms with E-state index < -0.39 is 17.6 Å². The first-order valence-corrected chi connectivity index (χ1v) is 5.26. The summed E-state index contributed by atoms with van der Waals surface area (Å²) < 4.78 is 38.0. The standard InChI is InChI=1S/C11H10ClF3N2O/c12-7-3-4-9(8(6-7)11(13,14)15)17-10(18)2-1-5-16/h1-4,6H,5,16H2,(H,17,18)/b2-1+. The highest BCUT2D eigenvalue weighted by atomic mass is 35.5. The van der Waals surface area contributed by atoms with Gasteiger partial charge in [-0.05, 0) is 18.2 Å². The molecule has 18 heavy (non-hydrogen) atoms. The molecule has 1 amide bonds. The second-order valence-electron chi connectivity index (χ2n) is 3.31. The van der Waals surface area contributed by atoms with E-state index in [-0.39, 0.29) is 17.3 Å². The smallest absolute Gasteiger partial charge is 0.327 e. The van der Waals surface area contributed by atoms with Crippen LogP contribution in [0.5, 0.6) is 0 Å². The van der Waals surface area contributed by atoms with Crippen LogP contribution in [0.4, 0.5) is 18.9 Å². The van der Waals surface area contributed by atoms with E-state index in [9.17, 15) is 18.0 Å². The van der Waals surface area contributed by atoms with Crippen molar-refractivity contribution in [2.45, 2.75) is 6.18 Å². The highest BCUT2D eigenvalue weighted by Gasteiger charge is 2.34. The van der Waals surface area contributed by atoms with Crippen LogP contribution in [0.15, 0.2) is 30.4 Å². The minimum atomic E-state index is -4.59. The van der Waals surface area contributed by atoms with Gasteiger partial charge < -0.3 is 11.1 Å². The Kier molecular flexibility index (Phi) is 4.75. The minimum Gasteiger partial charge on any atom is -0.327 e. The number of amides is 1. The predicted molar refractivity (Wildman–Crippen MR) is 63.3 cm³/mol. The molecule has 1 rings (SSSR count). The maximum absolute atomic E-state index is 12.7. The van der Waals surface area contributed by atoms with Gasteiger partial charge in [0.25, 0.3) is 0 Å². The Balaban J connectivity index is 3.02. The summed E-state index contributed by atoms with van der Waals surface area (Å²) in [6.07, 6.45) is -2.20. The first-order chi connectivity index (χ1) is 8.34. The molecule has 0 fully saturated rings. The number of carbonyl (C=O) groups is 1. The number of carbonyl (C=O) groups excluding carboxylic acids is 1. The average molecular weight is 279 g/mol. The molecule has 0 aliphatic carbocycles. The quantitative estimate of drug-likeness (QED) is 0.836. The summed E-state index contributed by atoms with van der Waals surface area (Å²) >= 11 is 5.50. The lowest BCUT2D eigenvalue weighted by atomic mass is 10.1. The first kappa shape index (κ1) is 14.5. The number of benzene rings is 1. The summed E-state index contributed by atoms with van der Waals surface area (Å²) in [6.45, 7) is 0.125. The van der Waals surface area contributed by atoms with Crippen LogP contribution in [0.25, 0.3) is 0 Å². The number of hydrogen-bond donors (Lipinski definition) is 2. The largest absolute Gasteiger partial charge is 0.418 e. The normalized spacial score (nSPS) is 11.8. The third-order valence-corrected chi connectivity index (χ3v) is 2.19. The van der Waals surface area contributed by atoms with Crippen molar-refractivity contribution in [2.75, 3.05) is 11.9 Å². The molecule has 0 unspecified atom stereocenters. The van der Waals surface area contributed by atoms with Crippen molar-refractivity contribution in [1.29, 1.82) is 0 Å². The third-order valence-electron chi connectivity index (χ3n) is 1.95. The summed E-state index contributed by atoms with van der Waals surface area (Å²) in [5.74, 6) is -0.687. The summed E-state index contributed by atoms with van der Waals surface area (Å²) in [5, 5.41) is 2.06. The van der Waals surface area contributed by atoms with Gasteiger partial charge in [0.1, 0.15) is 0 Å². The Morgan fingerprint density at radius 1 is 1.44 bits per heavy atom. The molecule has 3 N–H and O–H groups in total. The van der Waals surface area contributed by atoms with Gasteiger partial charge in [-0.3, -0.25) is 4.79 Å². The van der Waals surface area contributed by atoms with Crippen LogP contribution in [0.2, 0.25) is 5.02 Å². The molecule has 98 valence electrons. The maximum Gasteiger partial charge on any atom is 0.418 e. The van der Waals surface area contributed by atoms with E-state index in [1.807, 2.05) is 0 Å². The van der Waals surface area contributed by atoms with Gasteiger partial charge in [0.05, 0.1) is 11.3 Å². The molecule has 0 aliphatic heterocycles. The van der Waals surface area contributed by atoms with Gasteiger partial charge in [0.2, 0.25) is 5.91 Å². The van der Waals surface area contributed by atoms with Gasteiger partial charge >= 0.3 is 6.18 Å². The lowest BCUT2D eigenvalue weighted by Gasteiger charge is -2.13. The number of hydrogen-bond acceptors (Lipinski definition) is 2. The van der Waals surface area contributed by atoms with Crippen molar-refractivity contribution in [3.05, 3.63) is 40.9 Å². The summed E-state index contributed by atoms with van der Waals surface area (Å²) in [5.41, 5.74) is 3.78. The highest BCUT2D eigenvalue weighted by molar-refractivity contribution is 6.30. The van der Waals surface area contributed by atoms with E-state index in [1.165, 1.54) is 12.1 Å². The number of nitrogens with one attached hydrogen (secondary N) is 1. The molecule has 1 aromatic carbocycles. The molecule has 1 aromatic rings. The summed E-state index contributed by atoms with van der Waals surface area (Å²) in [6, 6.07) is 3.11. The topological polar surface area (TPSA) is 55.1 Å². The van der Waals surface area contributed by atoms with E-state index in [1.54, 1.807) is 0 Å². The Bertz CT molecular complexity index is 472. The van der Waals surface area contributed by atoms with Crippen molar-refractivity contribution < 1.29 is 18.0 Å². The molecule has 0 saturated carbocycles. The zero-order chi connectivity index (χ0) is 13.8. The van der Waals surface area contributed by atoms with Crippen LogP contribution in [-0.4, -0.2) is 12.5 Å². The van der Waals surface area contributed by atoms with E-state index >= 15 is 0 Å². The van der Waals surface area contributed by atoms with Gasteiger partial charge in [-0.1, -0.05) is 17.7 Å². The third kappa shape index (κ3) is 4.05. The van der Waals surface area contributed by atoms with Crippen molar-refractivity contribution in [3.8, 4) is 0 Å². The lowest BCUT2D eigenvalue weighted by molar-refractivity contribution is -0.136. The average Bonchev–Trinajstić information content (AvgIpc) is 2.27. The number of alkyl halides is 3. The van der Waals surface area contributed by atoms with E-state index in [0.29, 0.717) is 0 Å². The van der Waals surface area contributed by atoms with Crippen LogP contribution in [0.3, 0.4) is 0 Å². The zero-order valence-electron chi connectivity index (χ0n) is 9.09. The highest BCUT2D eigenvalue weighted by Crippen LogP contribution is 2.36. The van der Waals surface area contributed by atoms with Gasteiger partial charge in [-0.25, -0.2) is 0 Å². The fraction of sp³-hybridized carbons (Fsp3) is 0.182. The second-order valence-corrected chi connectivity index (χ2v) is 3.75. The monoisotopic (exact) mass is 278 g/mol. The number of anilines is 1. The van der Waals surface area contributed by atoms with Gasteiger partial charge in [0.15, 0.2) is 0 Å². The van der Waals surface area contributed by atoms with Crippen molar-refractivity contribution in [1.82, 2.24) is 0 Å². The molecule has 0 atom stereocenters. The van der Waals surface area contributed by atoms with Gasteiger partial charge in [-0.2, -0.15) is 13.2 Å². The predicted octanol–water partition coefficient (Wildman–Crippen LogP) is 2.81. The van der Waals surface area contributed by atoms with E-state index in [2.05, 4.69) is 5.32 Å². The van der Waals surface area contributed by atoms with E-state index in [0.717, 1.165) is 18.2 Å². The Morgan fingerprint density at radius 2 is 2.11 bits per heavy atom. The number of nitrogens with two attached hydrogens (primary N) is 1. The molecule has 0 spiro atoms. The van der Waals surface area contributed by atoms with Gasteiger partial charge in [0, 0.05) is 17.6 Å². The molecular weight excluding hydrogens is 269 g/mol. The van der Waals surface area contributed by atoms with Crippen molar-refractivity contribution in [3.63, 3.8) is 0 Å². The number of rotatable bonds is 3. The van der Waals surface area contributed by atoms with Crippen molar-refractivity contribution >= 4 is 23.2 Å². The summed E-state index contributed by atoms with van der Waals surface area (Å²) in [7, 11) is 0. The maximum atomic E-state index is 12.7. The SMILES string of the molecule is NC/C=C/C(=O)Nc1ccc(Cl)cc1C(F)(F)F. The summed E-state index contributed by atoms with van der Waals surface area (Å²) in [4.78, 5) is 11.3. The van der Waals surface area contributed by atoms with Gasteiger partial charge in [-0.15, -0.1) is 0 Å². The molecule has 0 aliphatic rings. The molecule has 0 heterocycles. The zero-order valence-corrected chi connectivity index (χ0v) is 9.85. The van der Waals surface area contributed by atoms with Crippen LogP contribution >= 0.6 is 11.6 Å². The molecule has 0 bridgehead atoms. The van der Waals surface area contributed by atoms with Crippen LogP contribution in [-0.2, 0) is 11.0 Å². The molecule has 0 aromatic heterocycles. The molecule has 0 radical (unpaired) electrons. The van der Waals surface area contributed by atoms with Crippen LogP contribution in [0.1, 0.15) is 5.56 Å². The van der Waals surface area contributed by atoms with Crippen molar-refractivity contribution in [2.24, 2.45) is 5.73 Å². The first-order valence-electron chi connectivity index (χ1n) is 4.89. The molecular formula is C11H10ClF3N2O.